The van der Waals surface area contributed by atoms with Gasteiger partial charge in [-0.25, -0.2) is 16.8 Å². The summed E-state index contributed by atoms with van der Waals surface area (Å²) in [4.78, 5) is 0.0750. The maximum Gasteiger partial charge on any atom is 0.261 e. The SMILES string of the molecule is CCS(=O)(=O)N1CCc2ccc(NS(=O)(=O)c3ccc(C)c(Cl)c3)cc2C1. The van der Waals surface area contributed by atoms with Crippen LogP contribution in [0.25, 0.3) is 0 Å². The van der Waals surface area contributed by atoms with Crippen molar-refractivity contribution in [1.82, 2.24) is 4.31 Å². The first-order valence-electron chi connectivity index (χ1n) is 8.51. The van der Waals surface area contributed by atoms with E-state index in [1.807, 2.05) is 6.07 Å². The minimum atomic E-state index is -3.79. The maximum absolute atomic E-state index is 12.6. The van der Waals surface area contributed by atoms with E-state index in [2.05, 4.69) is 4.72 Å². The average molecular weight is 429 g/mol. The molecule has 1 heterocycles. The molecule has 0 fully saturated rings. The zero-order valence-corrected chi connectivity index (χ0v) is 17.5. The van der Waals surface area contributed by atoms with Crippen LogP contribution in [0, 0.1) is 6.92 Å². The molecule has 1 aliphatic heterocycles. The van der Waals surface area contributed by atoms with Crippen LogP contribution in [0.5, 0.6) is 0 Å². The predicted octanol–water partition coefficient (Wildman–Crippen LogP) is 3.16. The number of aryl methyl sites for hydroxylation is 1. The Labute approximate surface area is 165 Å². The van der Waals surface area contributed by atoms with Crippen LogP contribution < -0.4 is 4.72 Å². The van der Waals surface area contributed by atoms with Crippen LogP contribution in [0.3, 0.4) is 0 Å². The van der Waals surface area contributed by atoms with E-state index < -0.39 is 20.0 Å². The predicted molar refractivity (Wildman–Crippen MR) is 107 cm³/mol. The minimum absolute atomic E-state index is 0.0445. The first-order valence-corrected chi connectivity index (χ1v) is 12.0. The zero-order chi connectivity index (χ0) is 19.8. The maximum atomic E-state index is 12.6. The van der Waals surface area contributed by atoms with E-state index >= 15 is 0 Å². The van der Waals surface area contributed by atoms with Crippen molar-refractivity contribution >= 4 is 37.3 Å². The number of hydrogen-bond donors (Lipinski definition) is 1. The van der Waals surface area contributed by atoms with Gasteiger partial charge in [-0.3, -0.25) is 4.72 Å². The summed E-state index contributed by atoms with van der Waals surface area (Å²) in [6.07, 6.45) is 0.606. The van der Waals surface area contributed by atoms with Crippen molar-refractivity contribution < 1.29 is 16.8 Å². The lowest BCUT2D eigenvalue weighted by Gasteiger charge is -2.28. The molecular formula is C18H21ClN2O4S2. The van der Waals surface area contributed by atoms with Crippen molar-refractivity contribution in [3.8, 4) is 0 Å². The number of nitrogens with zero attached hydrogens (tertiary/aromatic N) is 1. The molecule has 0 saturated carbocycles. The molecule has 27 heavy (non-hydrogen) atoms. The van der Waals surface area contributed by atoms with Crippen LogP contribution >= 0.6 is 11.6 Å². The van der Waals surface area contributed by atoms with E-state index in [4.69, 9.17) is 11.6 Å². The van der Waals surface area contributed by atoms with Gasteiger partial charge in [0, 0.05) is 23.8 Å². The second-order valence-electron chi connectivity index (χ2n) is 6.48. The zero-order valence-electron chi connectivity index (χ0n) is 15.1. The van der Waals surface area contributed by atoms with Gasteiger partial charge in [0.1, 0.15) is 0 Å². The Balaban J connectivity index is 1.87. The van der Waals surface area contributed by atoms with E-state index in [1.54, 1.807) is 32.0 Å². The summed E-state index contributed by atoms with van der Waals surface area (Å²) in [6.45, 7) is 4.10. The third-order valence-corrected chi connectivity index (χ3v) is 8.26. The van der Waals surface area contributed by atoms with Crippen LogP contribution in [-0.2, 0) is 33.0 Å². The molecule has 146 valence electrons. The van der Waals surface area contributed by atoms with Gasteiger partial charge in [0.2, 0.25) is 10.0 Å². The van der Waals surface area contributed by atoms with Gasteiger partial charge in [0.05, 0.1) is 10.6 Å². The first kappa shape index (κ1) is 20.1. The molecule has 2 aromatic carbocycles. The number of fused-ring (bicyclic) bond motifs is 1. The van der Waals surface area contributed by atoms with Crippen molar-refractivity contribution in [2.75, 3.05) is 17.0 Å². The van der Waals surface area contributed by atoms with Gasteiger partial charge in [-0.2, -0.15) is 4.31 Å². The Hall–Kier alpha value is -1.61. The Morgan fingerprint density at radius 3 is 2.48 bits per heavy atom. The van der Waals surface area contributed by atoms with Gasteiger partial charge in [-0.15, -0.1) is 0 Å². The van der Waals surface area contributed by atoms with Gasteiger partial charge in [-0.05, 0) is 61.2 Å². The van der Waals surface area contributed by atoms with E-state index in [0.29, 0.717) is 23.7 Å². The number of benzene rings is 2. The molecular weight excluding hydrogens is 408 g/mol. The molecule has 0 radical (unpaired) electrons. The van der Waals surface area contributed by atoms with Crippen LogP contribution in [0.4, 0.5) is 5.69 Å². The summed E-state index contributed by atoms with van der Waals surface area (Å²) in [6, 6.07) is 9.78. The summed E-state index contributed by atoms with van der Waals surface area (Å²) in [5, 5.41) is 0.378. The molecule has 0 amide bonds. The molecule has 0 saturated heterocycles. The number of hydrogen-bond acceptors (Lipinski definition) is 4. The second kappa shape index (κ2) is 7.43. The number of sulfonamides is 2. The molecule has 1 N–H and O–H groups in total. The summed E-state index contributed by atoms with van der Waals surface area (Å²) in [7, 11) is -7.08. The highest BCUT2D eigenvalue weighted by molar-refractivity contribution is 7.92. The fourth-order valence-corrected chi connectivity index (χ4v) is 5.36. The third kappa shape index (κ3) is 4.29. The van der Waals surface area contributed by atoms with Crippen molar-refractivity contribution in [1.29, 1.82) is 0 Å². The van der Waals surface area contributed by atoms with Crippen LogP contribution in [-0.4, -0.2) is 33.4 Å². The van der Waals surface area contributed by atoms with Gasteiger partial charge < -0.3 is 0 Å². The monoisotopic (exact) mass is 428 g/mol. The molecule has 3 rings (SSSR count). The first-order chi connectivity index (χ1) is 12.6. The number of nitrogens with one attached hydrogen (secondary N) is 1. The highest BCUT2D eigenvalue weighted by Gasteiger charge is 2.25. The van der Waals surface area contributed by atoms with Crippen LogP contribution in [0.1, 0.15) is 23.6 Å². The highest BCUT2D eigenvalue weighted by atomic mass is 35.5. The minimum Gasteiger partial charge on any atom is -0.280 e. The fraction of sp³-hybridized carbons (Fsp3) is 0.333. The highest BCUT2D eigenvalue weighted by Crippen LogP contribution is 2.27. The second-order valence-corrected chi connectivity index (χ2v) is 10.8. The molecule has 2 aromatic rings. The summed E-state index contributed by atoms with van der Waals surface area (Å²) >= 11 is 6.04. The molecule has 0 spiro atoms. The average Bonchev–Trinajstić information content (AvgIpc) is 2.63. The van der Waals surface area contributed by atoms with Crippen LogP contribution in [0.15, 0.2) is 41.3 Å². The molecule has 0 bridgehead atoms. The van der Waals surface area contributed by atoms with Gasteiger partial charge in [0.25, 0.3) is 10.0 Å². The summed E-state index contributed by atoms with van der Waals surface area (Å²) in [5.74, 6) is 0.0445. The van der Waals surface area contributed by atoms with Crippen molar-refractivity contribution in [2.24, 2.45) is 0 Å². The van der Waals surface area contributed by atoms with E-state index in [-0.39, 0.29) is 17.2 Å². The lowest BCUT2D eigenvalue weighted by atomic mass is 10.0. The Bertz CT molecular complexity index is 1080. The third-order valence-electron chi connectivity index (χ3n) is 4.65. The number of halogens is 1. The Morgan fingerprint density at radius 1 is 1.07 bits per heavy atom. The van der Waals surface area contributed by atoms with Gasteiger partial charge >= 0.3 is 0 Å². The van der Waals surface area contributed by atoms with Crippen molar-refractivity contribution in [3.05, 3.63) is 58.1 Å². The van der Waals surface area contributed by atoms with Gasteiger partial charge in [-0.1, -0.05) is 23.7 Å². The number of rotatable bonds is 5. The molecule has 6 nitrogen and oxygen atoms in total. The normalized spacial score (nSPS) is 15.4. The summed E-state index contributed by atoms with van der Waals surface area (Å²) in [5.41, 5.74) is 3.02. The topological polar surface area (TPSA) is 83.6 Å². The standard InChI is InChI=1S/C18H21ClN2O4S2/c1-3-26(22,23)21-9-8-14-5-6-16(10-15(14)12-21)20-27(24,25)17-7-4-13(2)18(19)11-17/h4-7,10-11,20H,3,8-9,12H2,1-2H3. The summed E-state index contributed by atoms with van der Waals surface area (Å²) < 4.78 is 53.5. The molecule has 0 aliphatic carbocycles. The number of anilines is 1. The van der Waals surface area contributed by atoms with E-state index in [1.165, 1.54) is 16.4 Å². The van der Waals surface area contributed by atoms with Crippen LogP contribution in [0.2, 0.25) is 5.02 Å². The van der Waals surface area contributed by atoms with Gasteiger partial charge in [0.15, 0.2) is 0 Å². The molecule has 1 aliphatic rings. The van der Waals surface area contributed by atoms with Crippen molar-refractivity contribution in [2.45, 2.75) is 31.7 Å². The Morgan fingerprint density at radius 2 is 1.81 bits per heavy atom. The van der Waals surface area contributed by atoms with Crippen molar-refractivity contribution in [3.63, 3.8) is 0 Å². The molecule has 0 unspecified atom stereocenters. The lowest BCUT2D eigenvalue weighted by molar-refractivity contribution is 0.392. The molecule has 9 heteroatoms. The van der Waals surface area contributed by atoms with E-state index in [9.17, 15) is 16.8 Å². The lowest BCUT2D eigenvalue weighted by Crippen LogP contribution is -2.36. The molecule has 0 aromatic heterocycles. The molecule has 0 atom stereocenters. The smallest absolute Gasteiger partial charge is 0.261 e. The Kier molecular flexibility index (Phi) is 5.54. The quantitative estimate of drug-likeness (QED) is 0.792. The van der Waals surface area contributed by atoms with E-state index in [0.717, 1.165) is 16.7 Å². The fourth-order valence-electron chi connectivity index (χ4n) is 2.97. The largest absolute Gasteiger partial charge is 0.280 e.